The van der Waals surface area contributed by atoms with E-state index >= 15 is 0 Å². The number of aromatic nitrogens is 1. The molecule has 19 heavy (non-hydrogen) atoms. The molecule has 0 saturated heterocycles. The van der Waals surface area contributed by atoms with Gasteiger partial charge in [0.15, 0.2) is 0 Å². The van der Waals surface area contributed by atoms with Gasteiger partial charge < -0.3 is 10.5 Å². The van der Waals surface area contributed by atoms with Crippen LogP contribution in [-0.2, 0) is 6.42 Å². The first-order valence-corrected chi connectivity index (χ1v) is 7.05. The predicted molar refractivity (Wildman–Crippen MR) is 81.0 cm³/mol. The first-order chi connectivity index (χ1) is 9.10. The lowest BCUT2D eigenvalue weighted by Gasteiger charge is -2.10. The molecule has 0 fully saturated rings. The molecule has 100 valence electrons. The van der Waals surface area contributed by atoms with Gasteiger partial charge in [0.05, 0.1) is 5.02 Å². The second kappa shape index (κ2) is 6.37. The first-order valence-electron chi connectivity index (χ1n) is 5.88. The highest BCUT2D eigenvalue weighted by molar-refractivity contribution is 9.10. The van der Waals surface area contributed by atoms with Crippen LogP contribution in [0, 0.1) is 6.92 Å². The lowest BCUT2D eigenvalue weighted by Crippen LogP contribution is -2.03. The Labute approximate surface area is 125 Å². The monoisotopic (exact) mass is 340 g/mol. The van der Waals surface area contributed by atoms with Crippen LogP contribution >= 0.6 is 27.5 Å². The Hall–Kier alpha value is -1.10. The average molecular weight is 342 g/mol. The van der Waals surface area contributed by atoms with Gasteiger partial charge in [0.25, 0.3) is 0 Å². The van der Waals surface area contributed by atoms with E-state index in [9.17, 15) is 0 Å². The number of halogens is 2. The van der Waals surface area contributed by atoms with Gasteiger partial charge in [0, 0.05) is 16.2 Å². The molecule has 0 aliphatic rings. The van der Waals surface area contributed by atoms with Crippen molar-refractivity contribution < 1.29 is 4.74 Å². The number of hydrogen-bond acceptors (Lipinski definition) is 3. The summed E-state index contributed by atoms with van der Waals surface area (Å²) in [6, 6.07) is 7.50. The molecule has 0 saturated carbocycles. The minimum atomic E-state index is 0.543. The molecule has 0 spiro atoms. The number of aryl methyl sites for hydroxylation is 1. The molecular weight excluding hydrogens is 328 g/mol. The zero-order valence-electron chi connectivity index (χ0n) is 10.5. The lowest BCUT2D eigenvalue weighted by atomic mass is 10.1. The van der Waals surface area contributed by atoms with E-state index in [-0.39, 0.29) is 0 Å². The lowest BCUT2D eigenvalue weighted by molar-refractivity contribution is 0.458. The third-order valence-corrected chi connectivity index (χ3v) is 3.41. The van der Waals surface area contributed by atoms with E-state index in [2.05, 4.69) is 20.9 Å². The van der Waals surface area contributed by atoms with E-state index in [0.717, 1.165) is 22.0 Å². The van der Waals surface area contributed by atoms with Crippen molar-refractivity contribution in [1.29, 1.82) is 0 Å². The van der Waals surface area contributed by atoms with E-state index in [1.54, 1.807) is 18.3 Å². The van der Waals surface area contributed by atoms with Gasteiger partial charge in [0.1, 0.15) is 5.75 Å². The Morgan fingerprint density at radius 1 is 1.37 bits per heavy atom. The molecule has 1 aromatic carbocycles. The largest absolute Gasteiger partial charge is 0.437 e. The van der Waals surface area contributed by atoms with Gasteiger partial charge in [-0.25, -0.2) is 4.98 Å². The smallest absolute Gasteiger partial charge is 0.222 e. The van der Waals surface area contributed by atoms with Crippen LogP contribution < -0.4 is 10.5 Å². The van der Waals surface area contributed by atoms with Crippen molar-refractivity contribution in [3.63, 3.8) is 0 Å². The van der Waals surface area contributed by atoms with Crippen LogP contribution in [0.15, 0.2) is 34.9 Å². The van der Waals surface area contributed by atoms with Crippen molar-refractivity contribution in [1.82, 2.24) is 4.98 Å². The molecule has 1 aromatic heterocycles. The first kappa shape index (κ1) is 14.3. The number of nitrogens with two attached hydrogens (primary N) is 1. The molecule has 0 radical (unpaired) electrons. The van der Waals surface area contributed by atoms with Crippen LogP contribution in [-0.4, -0.2) is 11.5 Å². The summed E-state index contributed by atoms with van der Waals surface area (Å²) in [5, 5.41) is 0.543. The average Bonchev–Trinajstić information content (AvgIpc) is 2.36. The molecule has 0 bridgehead atoms. The topological polar surface area (TPSA) is 48.1 Å². The maximum atomic E-state index is 6.11. The summed E-state index contributed by atoms with van der Waals surface area (Å²) in [6.45, 7) is 2.56. The summed E-state index contributed by atoms with van der Waals surface area (Å²) in [7, 11) is 0. The van der Waals surface area contributed by atoms with Gasteiger partial charge in [-0.2, -0.15) is 0 Å². The Kier molecular flexibility index (Phi) is 4.80. The Morgan fingerprint density at radius 3 is 2.79 bits per heavy atom. The van der Waals surface area contributed by atoms with Gasteiger partial charge >= 0.3 is 0 Å². The van der Waals surface area contributed by atoms with E-state index in [1.165, 1.54) is 0 Å². The number of rotatable bonds is 4. The zero-order chi connectivity index (χ0) is 13.8. The molecule has 0 unspecified atom stereocenters. The maximum Gasteiger partial charge on any atom is 0.222 e. The second-order valence-electron chi connectivity index (χ2n) is 4.18. The number of pyridine rings is 1. The molecule has 0 aliphatic heterocycles. The van der Waals surface area contributed by atoms with E-state index in [0.29, 0.717) is 23.2 Å². The van der Waals surface area contributed by atoms with Crippen molar-refractivity contribution in [2.75, 3.05) is 6.54 Å². The SMILES string of the molecule is Cc1cc(CCN)cnc1Oc1ccc(Br)cc1Cl. The van der Waals surface area contributed by atoms with Gasteiger partial charge in [-0.1, -0.05) is 27.5 Å². The quantitative estimate of drug-likeness (QED) is 0.911. The second-order valence-corrected chi connectivity index (χ2v) is 5.50. The summed E-state index contributed by atoms with van der Waals surface area (Å²) in [5.41, 5.74) is 7.59. The summed E-state index contributed by atoms with van der Waals surface area (Å²) in [4.78, 5) is 4.31. The fourth-order valence-corrected chi connectivity index (χ4v) is 2.40. The molecule has 2 rings (SSSR count). The molecule has 0 atom stereocenters. The van der Waals surface area contributed by atoms with E-state index in [1.807, 2.05) is 19.1 Å². The number of benzene rings is 1. The minimum Gasteiger partial charge on any atom is -0.437 e. The molecular formula is C14H14BrClN2O. The van der Waals surface area contributed by atoms with Gasteiger partial charge in [-0.05, 0) is 49.7 Å². The van der Waals surface area contributed by atoms with Crippen LogP contribution in [0.5, 0.6) is 11.6 Å². The molecule has 0 amide bonds. The van der Waals surface area contributed by atoms with E-state index < -0.39 is 0 Å². The van der Waals surface area contributed by atoms with Crippen molar-refractivity contribution in [3.05, 3.63) is 51.1 Å². The summed E-state index contributed by atoms with van der Waals surface area (Å²) in [5.74, 6) is 1.15. The summed E-state index contributed by atoms with van der Waals surface area (Å²) < 4.78 is 6.64. The fraction of sp³-hybridized carbons (Fsp3) is 0.214. The van der Waals surface area contributed by atoms with Crippen LogP contribution in [0.1, 0.15) is 11.1 Å². The van der Waals surface area contributed by atoms with E-state index in [4.69, 9.17) is 22.1 Å². The summed E-state index contributed by atoms with van der Waals surface area (Å²) in [6.07, 6.45) is 2.59. The number of nitrogens with zero attached hydrogens (tertiary/aromatic N) is 1. The molecule has 1 heterocycles. The Bertz CT molecular complexity index is 590. The molecule has 5 heteroatoms. The normalized spacial score (nSPS) is 10.5. The van der Waals surface area contributed by atoms with Crippen molar-refractivity contribution >= 4 is 27.5 Å². The third-order valence-electron chi connectivity index (χ3n) is 2.62. The Morgan fingerprint density at radius 2 is 2.16 bits per heavy atom. The third kappa shape index (κ3) is 3.69. The zero-order valence-corrected chi connectivity index (χ0v) is 12.8. The minimum absolute atomic E-state index is 0.543. The van der Waals surface area contributed by atoms with Crippen LogP contribution in [0.25, 0.3) is 0 Å². The van der Waals surface area contributed by atoms with Crippen molar-refractivity contribution in [2.45, 2.75) is 13.3 Å². The molecule has 2 aromatic rings. The van der Waals surface area contributed by atoms with Gasteiger partial charge in [-0.3, -0.25) is 0 Å². The van der Waals surface area contributed by atoms with Crippen LogP contribution in [0.4, 0.5) is 0 Å². The highest BCUT2D eigenvalue weighted by Crippen LogP contribution is 2.32. The van der Waals surface area contributed by atoms with Crippen molar-refractivity contribution in [2.24, 2.45) is 5.73 Å². The number of ether oxygens (including phenoxy) is 1. The highest BCUT2D eigenvalue weighted by Gasteiger charge is 2.08. The molecule has 2 N–H and O–H groups in total. The highest BCUT2D eigenvalue weighted by atomic mass is 79.9. The van der Waals surface area contributed by atoms with Gasteiger partial charge in [-0.15, -0.1) is 0 Å². The van der Waals surface area contributed by atoms with Gasteiger partial charge in [0.2, 0.25) is 5.88 Å². The predicted octanol–water partition coefficient (Wildman–Crippen LogP) is 4.10. The standard InChI is InChI=1S/C14H14BrClN2O/c1-9-6-10(4-5-17)8-18-14(9)19-13-3-2-11(15)7-12(13)16/h2-3,6-8H,4-5,17H2,1H3. The Balaban J connectivity index is 2.23. The maximum absolute atomic E-state index is 6.11. The van der Waals surface area contributed by atoms with Crippen molar-refractivity contribution in [3.8, 4) is 11.6 Å². The van der Waals surface area contributed by atoms with Crippen LogP contribution in [0.3, 0.4) is 0 Å². The fourth-order valence-electron chi connectivity index (χ4n) is 1.69. The molecule has 0 aliphatic carbocycles. The molecule has 3 nitrogen and oxygen atoms in total. The number of hydrogen-bond donors (Lipinski definition) is 1. The summed E-state index contributed by atoms with van der Waals surface area (Å²) >= 11 is 9.47. The van der Waals surface area contributed by atoms with Crippen LogP contribution in [0.2, 0.25) is 5.02 Å².